The second-order valence-electron chi connectivity index (χ2n) is 3.17. The number of urea groups is 1. The molecular weight excluding hydrogens is 226 g/mol. The number of unbranched alkanes of at least 4 members (excludes halogenated alkanes) is 1. The molecule has 0 aliphatic heterocycles. The minimum atomic E-state index is -0.390. The summed E-state index contributed by atoms with van der Waals surface area (Å²) in [4.78, 5) is 23.1. The molecule has 0 radical (unpaired) electrons. The highest BCUT2D eigenvalue weighted by molar-refractivity contribution is 7.12. The van der Waals surface area contributed by atoms with Gasteiger partial charge in [-0.3, -0.25) is 10.2 Å². The lowest BCUT2D eigenvalue weighted by Crippen LogP contribution is -2.46. The van der Waals surface area contributed by atoms with E-state index in [1.54, 1.807) is 17.5 Å². The molecule has 0 fully saturated rings. The van der Waals surface area contributed by atoms with Crippen LogP contribution in [0.4, 0.5) is 4.79 Å². The summed E-state index contributed by atoms with van der Waals surface area (Å²) < 4.78 is 0. The third kappa shape index (κ3) is 4.31. The average molecular weight is 241 g/mol. The molecule has 1 aromatic rings. The average Bonchev–Trinajstić information content (AvgIpc) is 2.79. The number of amides is 3. The van der Waals surface area contributed by atoms with Crippen LogP contribution in [0.5, 0.6) is 0 Å². The van der Waals surface area contributed by atoms with Gasteiger partial charge < -0.3 is 5.32 Å². The monoisotopic (exact) mass is 241 g/mol. The first-order chi connectivity index (χ1) is 7.74. The van der Waals surface area contributed by atoms with Gasteiger partial charge >= 0.3 is 6.03 Å². The third-order valence-electron chi connectivity index (χ3n) is 1.85. The molecule has 0 aliphatic rings. The molecule has 1 aromatic heterocycles. The Balaban J connectivity index is 2.19. The van der Waals surface area contributed by atoms with Crippen molar-refractivity contribution in [2.45, 2.75) is 19.8 Å². The molecule has 0 aliphatic carbocycles. The zero-order chi connectivity index (χ0) is 11.8. The van der Waals surface area contributed by atoms with E-state index in [9.17, 15) is 9.59 Å². The van der Waals surface area contributed by atoms with Gasteiger partial charge in [0.1, 0.15) is 0 Å². The summed E-state index contributed by atoms with van der Waals surface area (Å²) in [6.07, 6.45) is 1.94. The highest BCUT2D eigenvalue weighted by atomic mass is 32.1. The van der Waals surface area contributed by atoms with Crippen LogP contribution in [0.2, 0.25) is 0 Å². The highest BCUT2D eigenvalue weighted by Crippen LogP contribution is 2.06. The van der Waals surface area contributed by atoms with E-state index in [2.05, 4.69) is 16.2 Å². The molecule has 16 heavy (non-hydrogen) atoms. The van der Waals surface area contributed by atoms with Gasteiger partial charge in [0.25, 0.3) is 5.91 Å². The summed E-state index contributed by atoms with van der Waals surface area (Å²) in [6, 6.07) is 3.08. The van der Waals surface area contributed by atoms with E-state index in [4.69, 9.17) is 0 Å². The van der Waals surface area contributed by atoms with Crippen molar-refractivity contribution in [2.24, 2.45) is 0 Å². The molecule has 0 unspecified atom stereocenters. The highest BCUT2D eigenvalue weighted by Gasteiger charge is 2.06. The molecule has 0 aromatic carbocycles. The molecule has 88 valence electrons. The number of nitrogens with one attached hydrogen (secondary N) is 3. The van der Waals surface area contributed by atoms with Crippen molar-refractivity contribution in [1.29, 1.82) is 0 Å². The van der Waals surface area contributed by atoms with Crippen LogP contribution in [0, 0.1) is 0 Å². The van der Waals surface area contributed by atoms with Crippen LogP contribution in [-0.2, 0) is 0 Å². The van der Waals surface area contributed by atoms with Crippen LogP contribution >= 0.6 is 11.3 Å². The lowest BCUT2D eigenvalue weighted by Gasteiger charge is -2.07. The molecule has 5 nitrogen and oxygen atoms in total. The van der Waals surface area contributed by atoms with Crippen molar-refractivity contribution in [3.05, 3.63) is 22.4 Å². The Morgan fingerprint density at radius 2 is 2.19 bits per heavy atom. The number of carbonyl (C=O) groups excluding carboxylic acids is 2. The van der Waals surface area contributed by atoms with Crippen molar-refractivity contribution in [3.63, 3.8) is 0 Å². The van der Waals surface area contributed by atoms with E-state index in [0.29, 0.717) is 11.4 Å². The standard InChI is InChI=1S/C10H15N3O2S/c1-2-3-6-11-10(15)13-12-9(14)8-5-4-7-16-8/h4-5,7H,2-3,6H2,1H3,(H,12,14)(H2,11,13,15). The first-order valence-electron chi connectivity index (χ1n) is 5.11. The molecule has 1 heterocycles. The number of hydrogen-bond donors (Lipinski definition) is 3. The van der Waals surface area contributed by atoms with Gasteiger partial charge in [0, 0.05) is 6.54 Å². The van der Waals surface area contributed by atoms with Gasteiger partial charge in [-0.1, -0.05) is 19.4 Å². The Morgan fingerprint density at radius 3 is 2.81 bits per heavy atom. The lowest BCUT2D eigenvalue weighted by molar-refractivity contribution is 0.0940. The van der Waals surface area contributed by atoms with Gasteiger partial charge in [0.15, 0.2) is 0 Å². The summed E-state index contributed by atoms with van der Waals surface area (Å²) in [5.74, 6) is -0.305. The molecule has 0 atom stereocenters. The lowest BCUT2D eigenvalue weighted by atomic mass is 10.3. The fourth-order valence-corrected chi connectivity index (χ4v) is 1.62. The van der Waals surface area contributed by atoms with Gasteiger partial charge in [0.2, 0.25) is 0 Å². The fourth-order valence-electron chi connectivity index (χ4n) is 1.01. The maximum absolute atomic E-state index is 11.4. The number of carbonyl (C=O) groups is 2. The van der Waals surface area contributed by atoms with E-state index in [1.807, 2.05) is 6.92 Å². The molecule has 6 heteroatoms. The summed E-state index contributed by atoms with van der Waals surface area (Å²) in [7, 11) is 0. The van der Waals surface area contributed by atoms with E-state index in [1.165, 1.54) is 11.3 Å². The summed E-state index contributed by atoms with van der Waals surface area (Å²) in [5.41, 5.74) is 4.61. The van der Waals surface area contributed by atoms with Crippen LogP contribution in [0.15, 0.2) is 17.5 Å². The number of hydrazine groups is 1. The molecule has 0 spiro atoms. The van der Waals surface area contributed by atoms with E-state index < -0.39 is 6.03 Å². The minimum Gasteiger partial charge on any atom is -0.337 e. The smallest absolute Gasteiger partial charge is 0.333 e. The van der Waals surface area contributed by atoms with Gasteiger partial charge in [-0.05, 0) is 17.9 Å². The van der Waals surface area contributed by atoms with E-state index in [0.717, 1.165) is 12.8 Å². The van der Waals surface area contributed by atoms with Gasteiger partial charge in [-0.15, -0.1) is 11.3 Å². The zero-order valence-corrected chi connectivity index (χ0v) is 9.89. The van der Waals surface area contributed by atoms with Gasteiger partial charge in [-0.25, -0.2) is 10.2 Å². The maximum atomic E-state index is 11.4. The van der Waals surface area contributed by atoms with E-state index in [-0.39, 0.29) is 5.91 Å². The Labute approximate surface area is 98.2 Å². The number of rotatable bonds is 4. The zero-order valence-electron chi connectivity index (χ0n) is 9.08. The Kier molecular flexibility index (Phi) is 5.35. The predicted octanol–water partition coefficient (Wildman–Crippen LogP) is 1.49. The van der Waals surface area contributed by atoms with E-state index >= 15 is 0 Å². The van der Waals surface area contributed by atoms with Crippen molar-refractivity contribution in [1.82, 2.24) is 16.2 Å². The fraction of sp³-hybridized carbons (Fsp3) is 0.400. The molecule has 0 bridgehead atoms. The first kappa shape index (κ1) is 12.5. The number of thiophene rings is 1. The van der Waals surface area contributed by atoms with Crippen LogP contribution in [0.3, 0.4) is 0 Å². The quantitative estimate of drug-likeness (QED) is 0.552. The van der Waals surface area contributed by atoms with Crippen molar-refractivity contribution >= 4 is 23.3 Å². The Morgan fingerprint density at radius 1 is 1.38 bits per heavy atom. The summed E-state index contributed by atoms with van der Waals surface area (Å²) >= 11 is 1.32. The van der Waals surface area contributed by atoms with Crippen LogP contribution in [0.25, 0.3) is 0 Å². The minimum absolute atomic E-state index is 0.305. The number of hydrogen-bond acceptors (Lipinski definition) is 3. The molecule has 1 rings (SSSR count). The van der Waals surface area contributed by atoms with Crippen molar-refractivity contribution < 1.29 is 9.59 Å². The SMILES string of the molecule is CCCCNC(=O)NNC(=O)c1cccs1. The third-order valence-corrected chi connectivity index (χ3v) is 2.72. The second-order valence-corrected chi connectivity index (χ2v) is 4.11. The van der Waals surface area contributed by atoms with Crippen LogP contribution in [-0.4, -0.2) is 18.5 Å². The topological polar surface area (TPSA) is 70.2 Å². The van der Waals surface area contributed by atoms with Gasteiger partial charge in [0.05, 0.1) is 4.88 Å². The largest absolute Gasteiger partial charge is 0.337 e. The predicted molar refractivity (Wildman–Crippen MR) is 63.2 cm³/mol. The maximum Gasteiger partial charge on any atom is 0.333 e. The van der Waals surface area contributed by atoms with Gasteiger partial charge in [-0.2, -0.15) is 0 Å². The summed E-state index contributed by atoms with van der Waals surface area (Å²) in [6.45, 7) is 2.65. The molecular formula is C10H15N3O2S. The van der Waals surface area contributed by atoms with Crippen LogP contribution in [0.1, 0.15) is 29.4 Å². The molecule has 3 N–H and O–H groups in total. The summed E-state index contributed by atoms with van der Waals surface area (Å²) in [5, 5.41) is 4.42. The molecule has 0 saturated carbocycles. The first-order valence-corrected chi connectivity index (χ1v) is 5.99. The Hall–Kier alpha value is -1.56. The molecule has 3 amide bonds. The van der Waals surface area contributed by atoms with Crippen LogP contribution < -0.4 is 16.2 Å². The second kappa shape index (κ2) is 6.84. The van der Waals surface area contributed by atoms with Crippen molar-refractivity contribution in [3.8, 4) is 0 Å². The Bertz CT molecular complexity index is 338. The molecule has 0 saturated heterocycles. The van der Waals surface area contributed by atoms with Crippen molar-refractivity contribution in [2.75, 3.05) is 6.54 Å². The normalized spacial score (nSPS) is 9.56.